The Kier molecular flexibility index (Phi) is 2.35. The van der Waals surface area contributed by atoms with Gasteiger partial charge in [0.15, 0.2) is 0 Å². The van der Waals surface area contributed by atoms with Gasteiger partial charge in [-0.15, -0.1) is 11.3 Å². The number of benzene rings is 2. The highest BCUT2D eigenvalue weighted by atomic mass is 32.1. The Morgan fingerprint density at radius 3 is 2.68 bits per heavy atom. The van der Waals surface area contributed by atoms with Crippen molar-refractivity contribution in [3.8, 4) is 11.1 Å². The Labute approximate surface area is 115 Å². The summed E-state index contributed by atoms with van der Waals surface area (Å²) in [5, 5.41) is 3.51. The maximum atomic E-state index is 4.29. The lowest BCUT2D eigenvalue weighted by Gasteiger charge is -2.06. The van der Waals surface area contributed by atoms with Gasteiger partial charge in [-0.05, 0) is 22.8 Å². The van der Waals surface area contributed by atoms with E-state index < -0.39 is 0 Å². The molecular formula is C17H11NS. The van der Waals surface area contributed by atoms with Crippen LogP contribution in [0.2, 0.25) is 0 Å². The van der Waals surface area contributed by atoms with Crippen molar-refractivity contribution in [1.82, 2.24) is 0 Å². The Hall–Kier alpha value is -2.19. The van der Waals surface area contributed by atoms with E-state index in [-0.39, 0.29) is 0 Å². The molecule has 0 fully saturated rings. The summed E-state index contributed by atoms with van der Waals surface area (Å²) in [6, 6.07) is 15.0. The lowest BCUT2D eigenvalue weighted by Crippen LogP contribution is -1.83. The minimum Gasteiger partial charge on any atom is -0.264 e. The van der Waals surface area contributed by atoms with Crippen LogP contribution in [-0.2, 0) is 0 Å². The molecule has 0 saturated carbocycles. The standard InChI is InChI=1S/C17H11NS/c1-2-4-12(5-3-1)15-7-6-13-8-9-18-10-14-11-19-17(15)16(13)14/h1-11H. The van der Waals surface area contributed by atoms with Crippen LogP contribution >= 0.6 is 11.3 Å². The Morgan fingerprint density at radius 1 is 0.895 bits per heavy atom. The van der Waals surface area contributed by atoms with Gasteiger partial charge >= 0.3 is 0 Å². The maximum Gasteiger partial charge on any atom is 0.0433 e. The first-order valence-electron chi connectivity index (χ1n) is 6.23. The minimum absolute atomic E-state index is 1.22. The van der Waals surface area contributed by atoms with Gasteiger partial charge in [0.05, 0.1) is 0 Å². The third kappa shape index (κ3) is 1.65. The zero-order chi connectivity index (χ0) is 12.7. The number of rotatable bonds is 1. The van der Waals surface area contributed by atoms with Gasteiger partial charge in [-0.25, -0.2) is 0 Å². The average Bonchev–Trinajstić information content (AvgIpc) is 2.77. The van der Waals surface area contributed by atoms with E-state index in [4.69, 9.17) is 0 Å². The van der Waals surface area contributed by atoms with Crippen molar-refractivity contribution in [3.63, 3.8) is 0 Å². The van der Waals surface area contributed by atoms with E-state index in [2.05, 4.69) is 58.9 Å². The van der Waals surface area contributed by atoms with E-state index in [1.54, 1.807) is 11.3 Å². The van der Waals surface area contributed by atoms with Crippen LogP contribution in [0.25, 0.3) is 27.3 Å². The number of thiophene rings is 1. The van der Waals surface area contributed by atoms with Crippen LogP contribution in [0.5, 0.6) is 0 Å². The zero-order valence-electron chi connectivity index (χ0n) is 10.2. The summed E-state index contributed by atoms with van der Waals surface area (Å²) in [4.78, 5) is 4.29. The van der Waals surface area contributed by atoms with Gasteiger partial charge in [-0.2, -0.15) is 0 Å². The molecule has 1 aliphatic rings. The van der Waals surface area contributed by atoms with Crippen LogP contribution < -0.4 is 0 Å². The largest absolute Gasteiger partial charge is 0.264 e. The van der Waals surface area contributed by atoms with E-state index in [1.807, 2.05) is 12.4 Å². The first kappa shape index (κ1) is 10.7. The van der Waals surface area contributed by atoms with Crippen molar-refractivity contribution in [1.29, 1.82) is 0 Å². The molecule has 0 N–H and O–H groups in total. The molecule has 19 heavy (non-hydrogen) atoms. The third-order valence-electron chi connectivity index (χ3n) is 3.42. The second-order valence-corrected chi connectivity index (χ2v) is 5.44. The maximum absolute atomic E-state index is 4.29. The van der Waals surface area contributed by atoms with E-state index in [0.717, 1.165) is 0 Å². The van der Waals surface area contributed by atoms with Gasteiger partial charge in [0.25, 0.3) is 0 Å². The number of hydrogen-bond donors (Lipinski definition) is 0. The monoisotopic (exact) mass is 261 g/mol. The third-order valence-corrected chi connectivity index (χ3v) is 4.45. The van der Waals surface area contributed by atoms with Crippen molar-refractivity contribution in [2.75, 3.05) is 0 Å². The summed E-state index contributed by atoms with van der Waals surface area (Å²) in [5.74, 6) is 0. The number of nitrogens with zero attached hydrogens (tertiary/aromatic N) is 1. The van der Waals surface area contributed by atoms with Crippen molar-refractivity contribution >= 4 is 33.7 Å². The molecule has 0 atom stereocenters. The van der Waals surface area contributed by atoms with Gasteiger partial charge in [-0.3, -0.25) is 4.99 Å². The first-order chi connectivity index (χ1) is 9.43. The molecule has 0 amide bonds. The number of aliphatic imine (C=N–C) groups is 1. The average molecular weight is 261 g/mol. The molecule has 0 radical (unpaired) electrons. The van der Waals surface area contributed by atoms with Gasteiger partial charge in [0.2, 0.25) is 0 Å². The summed E-state index contributed by atoms with van der Waals surface area (Å²) in [7, 11) is 0. The van der Waals surface area contributed by atoms with E-state index in [9.17, 15) is 0 Å². The SMILES string of the molecule is C1=Cc2ccc(-c3ccccc3)c3scc(c23)C=N1. The fourth-order valence-corrected chi connectivity index (χ4v) is 3.61. The van der Waals surface area contributed by atoms with Gasteiger partial charge in [-0.1, -0.05) is 42.5 Å². The molecule has 4 rings (SSSR count). The topological polar surface area (TPSA) is 12.4 Å². The van der Waals surface area contributed by atoms with Crippen LogP contribution in [0, 0.1) is 0 Å². The highest BCUT2D eigenvalue weighted by molar-refractivity contribution is 7.18. The van der Waals surface area contributed by atoms with Crippen molar-refractivity contribution < 1.29 is 0 Å². The molecule has 90 valence electrons. The van der Waals surface area contributed by atoms with Gasteiger partial charge < -0.3 is 0 Å². The Morgan fingerprint density at radius 2 is 1.79 bits per heavy atom. The molecule has 0 unspecified atom stereocenters. The molecule has 0 bridgehead atoms. The molecule has 0 spiro atoms. The predicted octanol–water partition coefficient (Wildman–Crippen LogP) is 4.97. The molecule has 0 aliphatic carbocycles. The first-order valence-corrected chi connectivity index (χ1v) is 7.11. The summed E-state index contributed by atoms with van der Waals surface area (Å²) in [6.07, 6.45) is 5.89. The molecule has 2 heterocycles. The highest BCUT2D eigenvalue weighted by Gasteiger charge is 2.12. The Balaban J connectivity index is 2.08. The van der Waals surface area contributed by atoms with Crippen LogP contribution in [0.15, 0.2) is 59.0 Å². The predicted molar refractivity (Wildman–Crippen MR) is 83.9 cm³/mol. The molecule has 0 saturated heterocycles. The van der Waals surface area contributed by atoms with Crippen molar-refractivity contribution in [3.05, 3.63) is 65.2 Å². The lowest BCUT2D eigenvalue weighted by molar-refractivity contribution is 1.63. The van der Waals surface area contributed by atoms with Crippen LogP contribution in [0.3, 0.4) is 0 Å². The van der Waals surface area contributed by atoms with Gasteiger partial charge in [0, 0.05) is 33.4 Å². The van der Waals surface area contributed by atoms with E-state index in [1.165, 1.54) is 32.3 Å². The fourth-order valence-electron chi connectivity index (χ4n) is 2.52. The van der Waals surface area contributed by atoms with Gasteiger partial charge in [0.1, 0.15) is 0 Å². The quantitative estimate of drug-likeness (QED) is 0.586. The molecular weight excluding hydrogens is 250 g/mol. The van der Waals surface area contributed by atoms with E-state index in [0.29, 0.717) is 0 Å². The summed E-state index contributed by atoms with van der Waals surface area (Å²) in [6.45, 7) is 0. The summed E-state index contributed by atoms with van der Waals surface area (Å²) >= 11 is 1.80. The van der Waals surface area contributed by atoms with Crippen LogP contribution in [0.1, 0.15) is 11.1 Å². The summed E-state index contributed by atoms with van der Waals surface area (Å²) < 4.78 is 1.34. The normalized spacial score (nSPS) is 12.8. The van der Waals surface area contributed by atoms with Crippen LogP contribution in [-0.4, -0.2) is 6.21 Å². The molecule has 3 aromatic rings. The van der Waals surface area contributed by atoms with Crippen LogP contribution in [0.4, 0.5) is 0 Å². The lowest BCUT2D eigenvalue weighted by atomic mass is 9.99. The molecule has 1 aromatic heterocycles. The van der Waals surface area contributed by atoms with Crippen molar-refractivity contribution in [2.24, 2.45) is 4.99 Å². The second-order valence-electron chi connectivity index (χ2n) is 4.56. The Bertz CT molecular complexity index is 810. The summed E-state index contributed by atoms with van der Waals surface area (Å²) in [5.41, 5.74) is 5.05. The fraction of sp³-hybridized carbons (Fsp3) is 0. The molecule has 2 aromatic carbocycles. The molecule has 1 nitrogen and oxygen atoms in total. The zero-order valence-corrected chi connectivity index (χ0v) is 11.0. The van der Waals surface area contributed by atoms with E-state index >= 15 is 0 Å². The second kappa shape index (κ2) is 4.18. The molecule has 1 aliphatic heterocycles. The minimum atomic E-state index is 1.22. The van der Waals surface area contributed by atoms with Crippen molar-refractivity contribution in [2.45, 2.75) is 0 Å². The highest BCUT2D eigenvalue weighted by Crippen LogP contribution is 2.37. The molecule has 2 heteroatoms. The number of hydrogen-bond acceptors (Lipinski definition) is 2. The smallest absolute Gasteiger partial charge is 0.0433 e.